The Morgan fingerprint density at radius 2 is 1.90 bits per heavy atom. The van der Waals surface area contributed by atoms with Crippen molar-refractivity contribution in [2.75, 3.05) is 0 Å². The van der Waals surface area contributed by atoms with Gasteiger partial charge in [-0.3, -0.25) is 0 Å². The number of sulfonamides is 1. The van der Waals surface area contributed by atoms with Crippen LogP contribution in [0.1, 0.15) is 38.7 Å². The first kappa shape index (κ1) is 16.9. The molecule has 2 atom stereocenters. The van der Waals surface area contributed by atoms with E-state index in [1.54, 1.807) is 0 Å². The van der Waals surface area contributed by atoms with Gasteiger partial charge in [-0.1, -0.05) is 22.4 Å². The Labute approximate surface area is 133 Å². The van der Waals surface area contributed by atoms with Gasteiger partial charge in [0.15, 0.2) is 0 Å². The van der Waals surface area contributed by atoms with Crippen LogP contribution in [0.15, 0.2) is 21.5 Å². The third kappa shape index (κ3) is 3.16. The van der Waals surface area contributed by atoms with Crippen molar-refractivity contribution in [3.63, 3.8) is 0 Å². The van der Waals surface area contributed by atoms with E-state index < -0.39 is 22.4 Å². The van der Waals surface area contributed by atoms with Crippen LogP contribution in [0.5, 0.6) is 0 Å². The first-order chi connectivity index (χ1) is 9.78. The zero-order valence-electron chi connectivity index (χ0n) is 12.0. The minimum atomic E-state index is -3.93. The predicted molar refractivity (Wildman–Crippen MR) is 81.8 cm³/mol. The van der Waals surface area contributed by atoms with Crippen molar-refractivity contribution in [1.29, 1.82) is 0 Å². The molecule has 1 aliphatic rings. The molecule has 7 heteroatoms. The lowest BCUT2D eigenvalue weighted by Gasteiger charge is -2.37. The molecule has 0 unspecified atom stereocenters. The highest BCUT2D eigenvalue weighted by atomic mass is 79.9. The van der Waals surface area contributed by atoms with Crippen LogP contribution in [0.2, 0.25) is 0 Å². The van der Waals surface area contributed by atoms with Crippen LogP contribution < -0.4 is 0 Å². The molecule has 0 spiro atoms. The molecule has 1 aromatic carbocycles. The van der Waals surface area contributed by atoms with Gasteiger partial charge in [0.2, 0.25) is 10.0 Å². The van der Waals surface area contributed by atoms with E-state index >= 15 is 0 Å². The van der Waals surface area contributed by atoms with Crippen LogP contribution in [-0.4, -0.2) is 29.9 Å². The van der Waals surface area contributed by atoms with Crippen LogP contribution in [0.4, 0.5) is 4.39 Å². The van der Waals surface area contributed by atoms with Gasteiger partial charge in [-0.05, 0) is 38.8 Å². The van der Waals surface area contributed by atoms with Gasteiger partial charge in [0, 0.05) is 22.1 Å². The zero-order chi connectivity index (χ0) is 15.8. The Morgan fingerprint density at radius 3 is 2.43 bits per heavy atom. The summed E-state index contributed by atoms with van der Waals surface area (Å²) in [6, 6.07) is 2.33. The minimum absolute atomic E-state index is 0.0275. The molecular weight excluding hydrogens is 361 g/mol. The fourth-order valence-electron chi connectivity index (χ4n) is 2.91. The molecule has 2 rings (SSSR count). The first-order valence-corrected chi connectivity index (χ1v) is 9.14. The number of aliphatic hydroxyl groups is 1. The molecule has 0 saturated carbocycles. The highest BCUT2D eigenvalue weighted by molar-refractivity contribution is 9.10. The Hall–Kier alpha value is -0.500. The maximum Gasteiger partial charge on any atom is 0.246 e. The summed E-state index contributed by atoms with van der Waals surface area (Å²) < 4.78 is 41.9. The Bertz CT molecular complexity index is 625. The summed E-state index contributed by atoms with van der Waals surface area (Å²) in [7, 11) is -3.93. The summed E-state index contributed by atoms with van der Waals surface area (Å²) in [5.41, 5.74) is -0.0275. The van der Waals surface area contributed by atoms with Crippen LogP contribution in [-0.2, 0) is 16.6 Å². The lowest BCUT2D eigenvalue weighted by atomic mass is 10.0. The number of aliphatic hydroxyl groups excluding tert-OH is 1. The molecule has 1 fully saturated rings. The number of piperidine rings is 1. The Morgan fingerprint density at radius 1 is 1.33 bits per heavy atom. The fourth-order valence-corrected chi connectivity index (χ4v) is 5.58. The van der Waals surface area contributed by atoms with Crippen molar-refractivity contribution in [3.05, 3.63) is 28.0 Å². The molecule has 1 N–H and O–H groups in total. The number of benzene rings is 1. The van der Waals surface area contributed by atoms with Crippen molar-refractivity contribution >= 4 is 26.0 Å². The van der Waals surface area contributed by atoms with Crippen molar-refractivity contribution in [1.82, 2.24) is 4.31 Å². The second-order valence-electron chi connectivity index (χ2n) is 5.50. The quantitative estimate of drug-likeness (QED) is 0.877. The standard InChI is InChI=1S/C14H19BrFNO3S/c1-9-4-3-5-10(2)17(9)21(19,20)13-7-12(15)6-11(8-18)14(13)16/h6-7,9-10,18H,3-5,8H2,1-2H3/t9-,10+. The molecule has 21 heavy (non-hydrogen) atoms. The third-order valence-corrected chi connectivity index (χ3v) is 6.50. The number of rotatable bonds is 3. The van der Waals surface area contributed by atoms with Gasteiger partial charge >= 0.3 is 0 Å². The number of hydrogen-bond acceptors (Lipinski definition) is 3. The predicted octanol–water partition coefficient (Wildman–Crippen LogP) is 3.03. The maximum atomic E-state index is 14.4. The van der Waals surface area contributed by atoms with E-state index in [1.165, 1.54) is 16.4 Å². The molecule has 1 heterocycles. The largest absolute Gasteiger partial charge is 0.392 e. The highest BCUT2D eigenvalue weighted by Crippen LogP contribution is 2.32. The normalized spacial score (nSPS) is 24.2. The molecule has 0 amide bonds. The van der Waals surface area contributed by atoms with Gasteiger partial charge in [-0.2, -0.15) is 4.31 Å². The smallest absolute Gasteiger partial charge is 0.246 e. The molecule has 0 aromatic heterocycles. The second kappa shape index (κ2) is 6.32. The summed E-state index contributed by atoms with van der Waals surface area (Å²) >= 11 is 3.17. The third-order valence-electron chi connectivity index (χ3n) is 3.92. The molecule has 0 bridgehead atoms. The van der Waals surface area contributed by atoms with Crippen molar-refractivity contribution < 1.29 is 17.9 Å². The maximum absolute atomic E-state index is 14.4. The van der Waals surface area contributed by atoms with E-state index in [-0.39, 0.29) is 22.5 Å². The van der Waals surface area contributed by atoms with Gasteiger partial charge in [-0.25, -0.2) is 12.8 Å². The monoisotopic (exact) mass is 379 g/mol. The average Bonchev–Trinajstić information content (AvgIpc) is 2.40. The van der Waals surface area contributed by atoms with Crippen LogP contribution >= 0.6 is 15.9 Å². The van der Waals surface area contributed by atoms with Crippen molar-refractivity contribution in [2.45, 2.75) is 56.7 Å². The van der Waals surface area contributed by atoms with E-state index in [0.29, 0.717) is 4.47 Å². The number of nitrogens with zero attached hydrogens (tertiary/aromatic N) is 1. The summed E-state index contributed by atoms with van der Waals surface area (Å²) in [6.45, 7) is 3.14. The highest BCUT2D eigenvalue weighted by Gasteiger charge is 2.37. The lowest BCUT2D eigenvalue weighted by molar-refractivity contribution is 0.203. The van der Waals surface area contributed by atoms with Gasteiger partial charge in [-0.15, -0.1) is 0 Å². The van der Waals surface area contributed by atoms with E-state index in [9.17, 15) is 17.9 Å². The number of hydrogen-bond donors (Lipinski definition) is 1. The van der Waals surface area contributed by atoms with Crippen LogP contribution in [0, 0.1) is 5.82 Å². The van der Waals surface area contributed by atoms with Crippen molar-refractivity contribution in [3.8, 4) is 0 Å². The molecule has 0 radical (unpaired) electrons. The summed E-state index contributed by atoms with van der Waals surface area (Å²) in [5.74, 6) is -0.870. The molecular formula is C14H19BrFNO3S. The molecule has 4 nitrogen and oxygen atoms in total. The van der Waals surface area contributed by atoms with Gasteiger partial charge in [0.05, 0.1) is 6.61 Å². The minimum Gasteiger partial charge on any atom is -0.392 e. The first-order valence-electron chi connectivity index (χ1n) is 6.91. The fraction of sp³-hybridized carbons (Fsp3) is 0.571. The van der Waals surface area contributed by atoms with E-state index in [4.69, 9.17) is 0 Å². The second-order valence-corrected chi connectivity index (χ2v) is 8.23. The SMILES string of the molecule is C[C@@H]1CCC[C@H](C)N1S(=O)(=O)c1cc(Br)cc(CO)c1F. The Kier molecular flexibility index (Phi) is 5.07. The summed E-state index contributed by atoms with van der Waals surface area (Å²) in [5, 5.41) is 9.18. The molecule has 0 aliphatic carbocycles. The number of halogens is 2. The molecule has 1 aliphatic heterocycles. The van der Waals surface area contributed by atoms with Crippen molar-refractivity contribution in [2.24, 2.45) is 0 Å². The van der Waals surface area contributed by atoms with E-state index in [0.717, 1.165) is 19.3 Å². The molecule has 1 aromatic rings. The van der Waals surface area contributed by atoms with Gasteiger partial charge < -0.3 is 5.11 Å². The molecule has 118 valence electrons. The summed E-state index contributed by atoms with van der Waals surface area (Å²) in [6.07, 6.45) is 2.51. The summed E-state index contributed by atoms with van der Waals surface area (Å²) in [4.78, 5) is -0.374. The zero-order valence-corrected chi connectivity index (χ0v) is 14.4. The van der Waals surface area contributed by atoms with Gasteiger partial charge in [0.1, 0.15) is 10.7 Å². The average molecular weight is 380 g/mol. The Balaban J connectivity index is 2.56. The van der Waals surface area contributed by atoms with E-state index in [2.05, 4.69) is 15.9 Å². The van der Waals surface area contributed by atoms with Crippen LogP contribution in [0.25, 0.3) is 0 Å². The molecule has 1 saturated heterocycles. The topological polar surface area (TPSA) is 57.6 Å². The van der Waals surface area contributed by atoms with Crippen LogP contribution in [0.3, 0.4) is 0 Å². The van der Waals surface area contributed by atoms with Gasteiger partial charge in [0.25, 0.3) is 0 Å². The lowest BCUT2D eigenvalue weighted by Crippen LogP contribution is -2.47. The van der Waals surface area contributed by atoms with E-state index in [1.807, 2.05) is 13.8 Å².